The number of benzene rings is 1. The molecule has 0 bridgehead atoms. The van der Waals surface area contributed by atoms with Crippen molar-refractivity contribution >= 4 is 5.97 Å². The monoisotopic (exact) mass is 278 g/mol. The lowest BCUT2D eigenvalue weighted by Crippen LogP contribution is -2.21. The summed E-state index contributed by atoms with van der Waals surface area (Å²) in [5.74, 6) is -0.810. The van der Waals surface area contributed by atoms with Crippen molar-refractivity contribution < 1.29 is 18.4 Å². The fourth-order valence-corrected chi connectivity index (χ4v) is 1.75. The molecule has 1 aromatic carbocycles. The average molecular weight is 278 g/mol. The van der Waals surface area contributed by atoms with Gasteiger partial charge in [0, 0.05) is 0 Å². The summed E-state index contributed by atoms with van der Waals surface area (Å²) in [6.07, 6.45) is 0. The lowest BCUT2D eigenvalue weighted by atomic mass is 9.84. The van der Waals surface area contributed by atoms with E-state index >= 15 is 0 Å². The van der Waals surface area contributed by atoms with Crippen LogP contribution < -0.4 is 0 Å². The Morgan fingerprint density at radius 3 is 2.60 bits per heavy atom. The van der Waals surface area contributed by atoms with Crippen LogP contribution in [0.25, 0.3) is 0 Å². The highest BCUT2D eigenvalue weighted by atomic mass is 19.1. The first-order valence-electron chi connectivity index (χ1n) is 6.22. The minimum atomic E-state index is -0.652. The first-order valence-corrected chi connectivity index (χ1v) is 6.22. The zero-order valence-corrected chi connectivity index (χ0v) is 11.5. The van der Waals surface area contributed by atoms with Crippen LogP contribution in [0.2, 0.25) is 0 Å². The van der Waals surface area contributed by atoms with Gasteiger partial charge < -0.3 is 9.26 Å². The molecule has 1 heterocycles. The maximum absolute atomic E-state index is 13.0. The molecule has 0 spiro atoms. The Hall–Kier alpha value is -2.24. The topological polar surface area (TPSA) is 65.2 Å². The van der Waals surface area contributed by atoms with Gasteiger partial charge >= 0.3 is 11.9 Å². The van der Waals surface area contributed by atoms with E-state index in [0.29, 0.717) is 5.82 Å². The summed E-state index contributed by atoms with van der Waals surface area (Å²) < 4.78 is 22.7. The van der Waals surface area contributed by atoms with E-state index < -0.39 is 11.4 Å². The van der Waals surface area contributed by atoms with Crippen molar-refractivity contribution in [3.63, 3.8) is 0 Å². The van der Waals surface area contributed by atoms with E-state index in [1.54, 1.807) is 19.1 Å². The van der Waals surface area contributed by atoms with Crippen molar-refractivity contribution in [1.82, 2.24) is 10.1 Å². The first-order chi connectivity index (χ1) is 9.45. The van der Waals surface area contributed by atoms with E-state index in [1.165, 1.54) is 12.1 Å². The minimum absolute atomic E-state index is 0.183. The van der Waals surface area contributed by atoms with Crippen molar-refractivity contribution in [2.45, 2.75) is 26.2 Å². The second-order valence-electron chi connectivity index (χ2n) is 4.78. The van der Waals surface area contributed by atoms with E-state index in [4.69, 9.17) is 9.26 Å². The number of esters is 1. The third-order valence-electron chi connectivity index (χ3n) is 3.00. The molecule has 0 radical (unpaired) electrons. The summed E-state index contributed by atoms with van der Waals surface area (Å²) in [5.41, 5.74) is 0.206. The summed E-state index contributed by atoms with van der Waals surface area (Å²) in [6, 6.07) is 6.03. The molecule has 0 amide bonds. The Morgan fingerprint density at radius 1 is 1.35 bits per heavy atom. The van der Waals surface area contributed by atoms with Crippen LogP contribution >= 0.6 is 0 Å². The van der Waals surface area contributed by atoms with Gasteiger partial charge in [-0.25, -0.2) is 9.18 Å². The summed E-state index contributed by atoms with van der Waals surface area (Å²) >= 11 is 0. The highest BCUT2D eigenvalue weighted by molar-refractivity contribution is 5.84. The van der Waals surface area contributed by atoms with Gasteiger partial charge in [-0.05, 0) is 38.5 Å². The zero-order chi connectivity index (χ0) is 14.8. The van der Waals surface area contributed by atoms with Crippen molar-refractivity contribution in [2.24, 2.45) is 0 Å². The van der Waals surface area contributed by atoms with E-state index in [9.17, 15) is 9.18 Å². The van der Waals surface area contributed by atoms with Crippen LogP contribution in [0.3, 0.4) is 0 Å². The van der Waals surface area contributed by atoms with Crippen LogP contribution in [-0.4, -0.2) is 22.7 Å². The number of halogens is 1. The lowest BCUT2D eigenvalue weighted by Gasteiger charge is -2.20. The van der Waals surface area contributed by atoms with Gasteiger partial charge in [-0.3, -0.25) is 0 Å². The maximum atomic E-state index is 13.0. The van der Waals surface area contributed by atoms with Gasteiger partial charge in [-0.1, -0.05) is 17.3 Å². The molecule has 0 saturated heterocycles. The molecule has 0 saturated carbocycles. The molecule has 0 unspecified atom stereocenters. The Balaban J connectivity index is 2.30. The van der Waals surface area contributed by atoms with Gasteiger partial charge in [0.05, 0.1) is 12.0 Å². The van der Waals surface area contributed by atoms with Crippen LogP contribution in [0.1, 0.15) is 42.8 Å². The number of ether oxygens (including phenoxy) is 1. The molecule has 2 aromatic rings. The molecular weight excluding hydrogens is 263 g/mol. The number of carbonyl (C=O) groups excluding carboxylic acids is 1. The minimum Gasteiger partial charge on any atom is -0.459 e. The Morgan fingerprint density at radius 2 is 2.00 bits per heavy atom. The molecule has 0 aliphatic rings. The Labute approximate surface area is 115 Å². The molecule has 2 rings (SSSR count). The summed E-state index contributed by atoms with van der Waals surface area (Å²) in [6.45, 7) is 5.65. The highest BCUT2D eigenvalue weighted by Crippen LogP contribution is 2.29. The summed E-state index contributed by atoms with van der Waals surface area (Å²) in [7, 11) is 0. The molecule has 0 N–H and O–H groups in total. The Kier molecular flexibility index (Phi) is 3.83. The van der Waals surface area contributed by atoms with E-state index in [1.807, 2.05) is 13.8 Å². The van der Waals surface area contributed by atoms with Crippen molar-refractivity contribution in [2.75, 3.05) is 6.61 Å². The molecule has 6 heteroatoms. The molecule has 20 heavy (non-hydrogen) atoms. The zero-order valence-electron chi connectivity index (χ0n) is 11.5. The number of hydrogen-bond acceptors (Lipinski definition) is 5. The van der Waals surface area contributed by atoms with Crippen LogP contribution in [-0.2, 0) is 10.2 Å². The highest BCUT2D eigenvalue weighted by Gasteiger charge is 2.30. The fraction of sp³-hybridized carbons (Fsp3) is 0.357. The smallest absolute Gasteiger partial charge is 0.397 e. The second kappa shape index (κ2) is 5.40. The van der Waals surface area contributed by atoms with Crippen molar-refractivity contribution in [1.29, 1.82) is 0 Å². The van der Waals surface area contributed by atoms with Gasteiger partial charge in [-0.15, -0.1) is 0 Å². The van der Waals surface area contributed by atoms with Crippen molar-refractivity contribution in [3.8, 4) is 0 Å². The van der Waals surface area contributed by atoms with Gasteiger partial charge in [0.1, 0.15) is 5.82 Å². The number of aromatic nitrogens is 2. The number of nitrogens with zero attached hydrogens (tertiary/aromatic N) is 2. The van der Waals surface area contributed by atoms with Crippen LogP contribution in [0.5, 0.6) is 0 Å². The second-order valence-corrected chi connectivity index (χ2v) is 4.78. The molecule has 0 atom stereocenters. The van der Waals surface area contributed by atoms with Crippen LogP contribution in [0, 0.1) is 5.82 Å². The van der Waals surface area contributed by atoms with E-state index in [0.717, 1.165) is 5.56 Å². The lowest BCUT2D eigenvalue weighted by molar-refractivity contribution is 0.0470. The van der Waals surface area contributed by atoms with Crippen LogP contribution in [0.15, 0.2) is 28.8 Å². The molecule has 5 nitrogen and oxygen atoms in total. The first kappa shape index (κ1) is 14.2. The fourth-order valence-electron chi connectivity index (χ4n) is 1.75. The van der Waals surface area contributed by atoms with Crippen LogP contribution in [0.4, 0.5) is 4.39 Å². The number of carbonyl (C=O) groups is 1. The molecule has 0 fully saturated rings. The van der Waals surface area contributed by atoms with E-state index in [-0.39, 0.29) is 18.3 Å². The Bertz CT molecular complexity index is 605. The normalized spacial score (nSPS) is 11.4. The molecule has 0 aliphatic heterocycles. The molecule has 1 aromatic heterocycles. The number of rotatable bonds is 4. The quantitative estimate of drug-likeness (QED) is 0.804. The molecule has 0 aliphatic carbocycles. The van der Waals surface area contributed by atoms with Gasteiger partial charge in [0.2, 0.25) is 0 Å². The largest absolute Gasteiger partial charge is 0.459 e. The van der Waals surface area contributed by atoms with Gasteiger partial charge in [0.15, 0.2) is 5.82 Å². The predicted octanol–water partition coefficient (Wildman–Crippen LogP) is 2.71. The van der Waals surface area contributed by atoms with Crippen molar-refractivity contribution in [3.05, 3.63) is 47.4 Å². The summed E-state index contributed by atoms with van der Waals surface area (Å²) in [4.78, 5) is 15.6. The average Bonchev–Trinajstić information content (AvgIpc) is 2.90. The van der Waals surface area contributed by atoms with E-state index in [2.05, 4.69) is 10.1 Å². The van der Waals surface area contributed by atoms with Gasteiger partial charge in [-0.2, -0.15) is 4.98 Å². The number of hydrogen-bond donors (Lipinski definition) is 0. The third-order valence-corrected chi connectivity index (χ3v) is 3.00. The van der Waals surface area contributed by atoms with Gasteiger partial charge in [0.25, 0.3) is 0 Å². The SMILES string of the molecule is CCOC(=O)c1nc(C(C)(C)c2ccc(F)cc2)no1. The molecule has 106 valence electrons. The maximum Gasteiger partial charge on any atom is 0.397 e. The standard InChI is InChI=1S/C14H15FN2O3/c1-4-19-12(18)11-16-13(17-20-11)14(2,3)9-5-7-10(15)8-6-9/h5-8H,4H2,1-3H3. The third kappa shape index (κ3) is 2.68. The molecular formula is C14H15FN2O3. The summed E-state index contributed by atoms with van der Waals surface area (Å²) in [5, 5.41) is 3.81. The predicted molar refractivity (Wildman–Crippen MR) is 68.8 cm³/mol.